The molecule has 1 rings (SSSR count). The molecule has 0 aromatic heterocycles. The van der Waals surface area contributed by atoms with Gasteiger partial charge >= 0.3 is 6.18 Å². The van der Waals surface area contributed by atoms with E-state index in [1.54, 1.807) is 6.92 Å². The molecule has 1 atom stereocenters. The van der Waals surface area contributed by atoms with E-state index in [1.165, 1.54) is 0 Å². The third kappa shape index (κ3) is 4.38. The summed E-state index contributed by atoms with van der Waals surface area (Å²) in [5.74, 6) is -1.12. The fraction of sp³-hybridized carbons (Fsp3) is 1.00. The molecule has 1 aliphatic heterocycles. The Kier molecular flexibility index (Phi) is 4.40. The van der Waals surface area contributed by atoms with E-state index >= 15 is 0 Å². The fourth-order valence-electron chi connectivity index (χ4n) is 1.85. The van der Waals surface area contributed by atoms with E-state index < -0.39 is 12.1 Å². The van der Waals surface area contributed by atoms with Gasteiger partial charge in [0.25, 0.3) is 0 Å². The van der Waals surface area contributed by atoms with Crippen LogP contribution >= 0.6 is 0 Å². The first-order valence-electron chi connectivity index (χ1n) is 5.36. The summed E-state index contributed by atoms with van der Waals surface area (Å²) < 4.78 is 37.0. The Hall–Kier alpha value is -0.290. The van der Waals surface area contributed by atoms with E-state index in [9.17, 15) is 13.2 Å². The Bertz CT molecular complexity index is 186. The van der Waals surface area contributed by atoms with Crippen LogP contribution in [-0.2, 0) is 0 Å². The lowest BCUT2D eigenvalue weighted by molar-refractivity contribution is -0.185. The summed E-state index contributed by atoms with van der Waals surface area (Å²) in [6.45, 7) is 3.39. The van der Waals surface area contributed by atoms with Gasteiger partial charge in [-0.05, 0) is 39.3 Å². The number of aliphatic hydroxyl groups is 1. The Morgan fingerprint density at radius 1 is 1.33 bits per heavy atom. The summed E-state index contributed by atoms with van der Waals surface area (Å²) in [5, 5.41) is 9.06. The second-order valence-electron chi connectivity index (χ2n) is 4.30. The van der Waals surface area contributed by atoms with Gasteiger partial charge in [-0.2, -0.15) is 13.2 Å². The van der Waals surface area contributed by atoms with E-state index in [-0.39, 0.29) is 18.9 Å². The Morgan fingerprint density at radius 3 is 2.27 bits per heavy atom. The van der Waals surface area contributed by atoms with Crippen molar-refractivity contribution in [3.63, 3.8) is 0 Å². The molecule has 0 radical (unpaired) electrons. The van der Waals surface area contributed by atoms with Gasteiger partial charge < -0.3 is 10.0 Å². The summed E-state index contributed by atoms with van der Waals surface area (Å²) in [6, 6.07) is 0. The zero-order valence-corrected chi connectivity index (χ0v) is 8.93. The molecule has 0 aromatic rings. The Morgan fingerprint density at radius 2 is 1.87 bits per heavy atom. The first-order valence-corrected chi connectivity index (χ1v) is 5.36. The molecule has 1 N–H and O–H groups in total. The average molecular weight is 225 g/mol. The van der Waals surface area contributed by atoms with Crippen molar-refractivity contribution in [3.8, 4) is 0 Å². The highest BCUT2D eigenvalue weighted by molar-refractivity contribution is 4.77. The minimum absolute atomic E-state index is 0.198. The predicted molar refractivity (Wildman–Crippen MR) is 51.5 cm³/mol. The van der Waals surface area contributed by atoms with Gasteiger partial charge in [-0.1, -0.05) is 0 Å². The van der Waals surface area contributed by atoms with Crippen LogP contribution in [0.15, 0.2) is 0 Å². The Labute approximate surface area is 88.1 Å². The summed E-state index contributed by atoms with van der Waals surface area (Å²) in [7, 11) is 0. The molecular formula is C10H18F3NO. The lowest BCUT2D eigenvalue weighted by Crippen LogP contribution is -2.39. The van der Waals surface area contributed by atoms with E-state index in [0.29, 0.717) is 26.1 Å². The monoisotopic (exact) mass is 225 g/mol. The van der Waals surface area contributed by atoms with Crippen LogP contribution in [0.4, 0.5) is 13.2 Å². The summed E-state index contributed by atoms with van der Waals surface area (Å²) in [5.41, 5.74) is 0. The molecular weight excluding hydrogens is 207 g/mol. The van der Waals surface area contributed by atoms with Crippen LogP contribution in [0.5, 0.6) is 0 Å². The zero-order valence-electron chi connectivity index (χ0n) is 8.93. The van der Waals surface area contributed by atoms with Crippen LogP contribution in [-0.4, -0.2) is 41.9 Å². The normalized spacial score (nSPS) is 23.0. The highest BCUT2D eigenvalue weighted by Crippen LogP contribution is 2.33. The van der Waals surface area contributed by atoms with Gasteiger partial charge in [-0.15, -0.1) is 0 Å². The van der Waals surface area contributed by atoms with Gasteiger partial charge in [-0.3, -0.25) is 0 Å². The third-order valence-electron chi connectivity index (χ3n) is 2.91. The maximum atomic E-state index is 12.3. The van der Waals surface area contributed by atoms with E-state index in [1.807, 2.05) is 4.90 Å². The van der Waals surface area contributed by atoms with Crippen LogP contribution < -0.4 is 0 Å². The van der Waals surface area contributed by atoms with E-state index in [4.69, 9.17) is 5.11 Å². The molecule has 90 valence electrons. The molecule has 1 unspecified atom stereocenters. The largest absolute Gasteiger partial charge is 0.393 e. The standard InChI is InChI=1S/C10H18F3NO/c1-8(15)2-5-14-6-3-9(4-7-14)10(11,12)13/h8-9,15H,2-7H2,1H3. The molecule has 0 saturated carbocycles. The molecule has 1 saturated heterocycles. The molecule has 0 spiro atoms. The smallest absolute Gasteiger partial charge is 0.391 e. The van der Waals surface area contributed by atoms with Gasteiger partial charge in [0.15, 0.2) is 0 Å². The maximum Gasteiger partial charge on any atom is 0.391 e. The molecule has 1 fully saturated rings. The molecule has 0 aliphatic carbocycles. The molecule has 0 bridgehead atoms. The minimum atomic E-state index is -4.03. The number of likely N-dealkylation sites (tertiary alicyclic amines) is 1. The van der Waals surface area contributed by atoms with Gasteiger partial charge in [0.2, 0.25) is 0 Å². The molecule has 1 heterocycles. The first kappa shape index (κ1) is 12.8. The topological polar surface area (TPSA) is 23.5 Å². The van der Waals surface area contributed by atoms with Crippen LogP contribution in [0.2, 0.25) is 0 Å². The highest BCUT2D eigenvalue weighted by atomic mass is 19.4. The summed E-state index contributed by atoms with van der Waals surface area (Å²) in [6.07, 6.45) is -3.37. The van der Waals surface area contributed by atoms with Gasteiger partial charge in [0, 0.05) is 6.54 Å². The minimum Gasteiger partial charge on any atom is -0.393 e. The van der Waals surface area contributed by atoms with Crippen molar-refractivity contribution >= 4 is 0 Å². The van der Waals surface area contributed by atoms with Crippen LogP contribution in [0.3, 0.4) is 0 Å². The molecule has 0 aromatic carbocycles. The number of alkyl halides is 3. The van der Waals surface area contributed by atoms with E-state index in [0.717, 1.165) is 0 Å². The maximum absolute atomic E-state index is 12.3. The van der Waals surface area contributed by atoms with Gasteiger partial charge in [0.05, 0.1) is 12.0 Å². The second kappa shape index (κ2) is 5.16. The number of piperidine rings is 1. The number of hydrogen-bond donors (Lipinski definition) is 1. The van der Waals surface area contributed by atoms with Crippen molar-refractivity contribution in [1.82, 2.24) is 4.90 Å². The highest BCUT2D eigenvalue weighted by Gasteiger charge is 2.40. The Balaban J connectivity index is 2.24. The first-order chi connectivity index (χ1) is 6.89. The van der Waals surface area contributed by atoms with Crippen molar-refractivity contribution in [1.29, 1.82) is 0 Å². The van der Waals surface area contributed by atoms with Crippen molar-refractivity contribution in [2.24, 2.45) is 5.92 Å². The molecule has 2 nitrogen and oxygen atoms in total. The second-order valence-corrected chi connectivity index (χ2v) is 4.30. The number of halogens is 3. The van der Waals surface area contributed by atoms with Gasteiger partial charge in [0.1, 0.15) is 0 Å². The fourth-order valence-corrected chi connectivity index (χ4v) is 1.85. The van der Waals surface area contributed by atoms with Crippen molar-refractivity contribution < 1.29 is 18.3 Å². The molecule has 15 heavy (non-hydrogen) atoms. The SMILES string of the molecule is CC(O)CCN1CCC(C(F)(F)F)CC1. The lowest BCUT2D eigenvalue weighted by atomic mass is 9.96. The average Bonchev–Trinajstić information content (AvgIpc) is 2.14. The predicted octanol–water partition coefficient (Wildman–Crippen LogP) is 2.03. The third-order valence-corrected chi connectivity index (χ3v) is 2.91. The number of rotatable bonds is 3. The van der Waals surface area contributed by atoms with Gasteiger partial charge in [-0.25, -0.2) is 0 Å². The van der Waals surface area contributed by atoms with Crippen LogP contribution in [0, 0.1) is 5.92 Å². The van der Waals surface area contributed by atoms with E-state index in [2.05, 4.69) is 0 Å². The zero-order chi connectivity index (χ0) is 11.5. The lowest BCUT2D eigenvalue weighted by Gasteiger charge is -2.33. The van der Waals surface area contributed by atoms with Crippen LogP contribution in [0.25, 0.3) is 0 Å². The molecule has 0 amide bonds. The van der Waals surface area contributed by atoms with Crippen molar-refractivity contribution in [2.45, 2.75) is 38.5 Å². The summed E-state index contributed by atoms with van der Waals surface area (Å²) in [4.78, 5) is 2.00. The molecule has 1 aliphatic rings. The summed E-state index contributed by atoms with van der Waals surface area (Å²) >= 11 is 0. The quantitative estimate of drug-likeness (QED) is 0.794. The van der Waals surface area contributed by atoms with Crippen LogP contribution in [0.1, 0.15) is 26.2 Å². The van der Waals surface area contributed by atoms with Crippen molar-refractivity contribution in [2.75, 3.05) is 19.6 Å². The number of nitrogens with zero attached hydrogens (tertiary/aromatic N) is 1. The van der Waals surface area contributed by atoms with Crippen molar-refractivity contribution in [3.05, 3.63) is 0 Å². The molecule has 5 heteroatoms. The number of aliphatic hydroxyl groups excluding tert-OH is 1. The number of hydrogen-bond acceptors (Lipinski definition) is 2.